The first-order chi connectivity index (χ1) is 15.0. The molecule has 0 atom stereocenters. The van der Waals surface area contributed by atoms with Gasteiger partial charge in [-0.25, -0.2) is 5.43 Å². The summed E-state index contributed by atoms with van der Waals surface area (Å²) >= 11 is 9.19. The molecule has 3 aromatic carbocycles. The molecule has 158 valence electrons. The molecule has 3 aromatic rings. The molecule has 0 saturated heterocycles. The maximum atomic E-state index is 12.0. The van der Waals surface area contributed by atoms with Gasteiger partial charge >= 0.3 is 0 Å². The first kappa shape index (κ1) is 22.5. The number of carbonyl (C=O) groups is 2. The minimum atomic E-state index is -0.435. The van der Waals surface area contributed by atoms with Crippen molar-refractivity contribution >= 4 is 45.6 Å². The van der Waals surface area contributed by atoms with E-state index in [0.717, 1.165) is 15.6 Å². The van der Waals surface area contributed by atoms with Crippen molar-refractivity contribution in [3.8, 4) is 5.75 Å². The van der Waals surface area contributed by atoms with Crippen LogP contribution >= 0.6 is 27.5 Å². The molecule has 0 spiro atoms. The van der Waals surface area contributed by atoms with Crippen molar-refractivity contribution in [1.29, 1.82) is 0 Å². The SMILES string of the molecule is O=C(CNC(=O)c1cccc(Br)c1)NN=Cc1cccc(OCc2ccc(Cl)cc2)c1. The molecular formula is C23H19BrClN3O3. The van der Waals surface area contributed by atoms with Crippen LogP contribution in [-0.4, -0.2) is 24.6 Å². The summed E-state index contributed by atoms with van der Waals surface area (Å²) in [5.41, 5.74) is 4.60. The molecule has 0 fully saturated rings. The molecule has 2 N–H and O–H groups in total. The second kappa shape index (κ2) is 11.3. The van der Waals surface area contributed by atoms with Gasteiger partial charge in [0.25, 0.3) is 11.8 Å². The fourth-order valence-electron chi connectivity index (χ4n) is 2.54. The van der Waals surface area contributed by atoms with Crippen LogP contribution in [0.25, 0.3) is 0 Å². The van der Waals surface area contributed by atoms with Crippen LogP contribution in [0.5, 0.6) is 5.75 Å². The summed E-state index contributed by atoms with van der Waals surface area (Å²) in [5.74, 6) is -0.104. The summed E-state index contributed by atoms with van der Waals surface area (Å²) in [7, 11) is 0. The van der Waals surface area contributed by atoms with Crippen molar-refractivity contribution in [3.05, 3.63) is 99.0 Å². The predicted molar refractivity (Wildman–Crippen MR) is 124 cm³/mol. The fourth-order valence-corrected chi connectivity index (χ4v) is 3.07. The van der Waals surface area contributed by atoms with Gasteiger partial charge in [0.15, 0.2) is 0 Å². The molecule has 8 heteroatoms. The molecule has 0 aliphatic carbocycles. The average Bonchev–Trinajstić information content (AvgIpc) is 2.77. The van der Waals surface area contributed by atoms with E-state index in [1.807, 2.05) is 48.5 Å². The van der Waals surface area contributed by atoms with E-state index < -0.39 is 5.91 Å². The number of ether oxygens (including phenoxy) is 1. The summed E-state index contributed by atoms with van der Waals surface area (Å²) in [4.78, 5) is 23.9. The maximum Gasteiger partial charge on any atom is 0.259 e. The van der Waals surface area contributed by atoms with Gasteiger partial charge in [-0.3, -0.25) is 9.59 Å². The normalized spacial score (nSPS) is 10.6. The Morgan fingerprint density at radius 1 is 1.03 bits per heavy atom. The van der Waals surface area contributed by atoms with Crippen LogP contribution in [0, 0.1) is 0 Å². The maximum absolute atomic E-state index is 12.0. The highest BCUT2D eigenvalue weighted by Crippen LogP contribution is 2.16. The van der Waals surface area contributed by atoms with Crippen LogP contribution in [-0.2, 0) is 11.4 Å². The summed E-state index contributed by atoms with van der Waals surface area (Å²) in [6.45, 7) is 0.221. The van der Waals surface area contributed by atoms with E-state index in [9.17, 15) is 9.59 Å². The third kappa shape index (κ3) is 7.55. The van der Waals surface area contributed by atoms with E-state index in [0.29, 0.717) is 22.9 Å². The minimum absolute atomic E-state index is 0.188. The van der Waals surface area contributed by atoms with E-state index in [1.165, 1.54) is 6.21 Å². The van der Waals surface area contributed by atoms with Crippen LogP contribution in [0.15, 0.2) is 82.4 Å². The van der Waals surface area contributed by atoms with Crippen LogP contribution in [0.2, 0.25) is 5.02 Å². The quantitative estimate of drug-likeness (QED) is 0.351. The Bertz CT molecular complexity index is 1090. The van der Waals surface area contributed by atoms with Crippen molar-refractivity contribution in [2.45, 2.75) is 6.61 Å². The molecule has 0 aromatic heterocycles. The molecule has 0 aliphatic rings. The van der Waals surface area contributed by atoms with Crippen LogP contribution < -0.4 is 15.5 Å². The van der Waals surface area contributed by atoms with E-state index >= 15 is 0 Å². The van der Waals surface area contributed by atoms with Crippen LogP contribution in [0.4, 0.5) is 0 Å². The number of hydrazone groups is 1. The lowest BCUT2D eigenvalue weighted by Crippen LogP contribution is -2.34. The molecular weight excluding hydrogens is 482 g/mol. The van der Waals surface area contributed by atoms with E-state index in [2.05, 4.69) is 31.8 Å². The Morgan fingerprint density at radius 3 is 2.58 bits per heavy atom. The average molecular weight is 501 g/mol. The molecule has 0 unspecified atom stereocenters. The number of nitrogens with one attached hydrogen (secondary N) is 2. The molecule has 0 aliphatic heterocycles. The summed E-state index contributed by atoms with van der Waals surface area (Å²) < 4.78 is 6.56. The second-order valence-corrected chi connectivity index (χ2v) is 7.83. The number of amides is 2. The van der Waals surface area contributed by atoms with Gasteiger partial charge < -0.3 is 10.1 Å². The largest absolute Gasteiger partial charge is 0.489 e. The third-order valence-corrected chi connectivity index (χ3v) is 4.82. The van der Waals surface area contributed by atoms with Crippen molar-refractivity contribution in [1.82, 2.24) is 10.7 Å². The van der Waals surface area contributed by atoms with Gasteiger partial charge in [0.2, 0.25) is 0 Å². The topological polar surface area (TPSA) is 79.8 Å². The van der Waals surface area contributed by atoms with Gasteiger partial charge in [-0.05, 0) is 53.6 Å². The van der Waals surface area contributed by atoms with Crippen molar-refractivity contribution in [2.24, 2.45) is 5.10 Å². The lowest BCUT2D eigenvalue weighted by molar-refractivity contribution is -0.120. The zero-order valence-electron chi connectivity index (χ0n) is 16.3. The van der Waals surface area contributed by atoms with Gasteiger partial charge in [0, 0.05) is 15.1 Å². The molecule has 0 bridgehead atoms. The zero-order valence-corrected chi connectivity index (χ0v) is 18.7. The summed E-state index contributed by atoms with van der Waals surface area (Å²) in [6, 6.07) is 21.6. The first-order valence-electron chi connectivity index (χ1n) is 9.32. The monoisotopic (exact) mass is 499 g/mol. The molecule has 0 radical (unpaired) electrons. The van der Waals surface area contributed by atoms with Gasteiger partial charge in [0.05, 0.1) is 12.8 Å². The van der Waals surface area contributed by atoms with Gasteiger partial charge in [-0.15, -0.1) is 0 Å². The molecule has 0 saturated carbocycles. The Morgan fingerprint density at radius 2 is 1.81 bits per heavy atom. The third-order valence-electron chi connectivity index (χ3n) is 4.08. The number of hydrogen-bond acceptors (Lipinski definition) is 4. The highest BCUT2D eigenvalue weighted by atomic mass is 79.9. The van der Waals surface area contributed by atoms with Crippen LogP contribution in [0.3, 0.4) is 0 Å². The van der Waals surface area contributed by atoms with E-state index in [1.54, 1.807) is 24.3 Å². The minimum Gasteiger partial charge on any atom is -0.489 e. The van der Waals surface area contributed by atoms with Gasteiger partial charge in [-0.2, -0.15) is 5.10 Å². The number of halogens is 2. The van der Waals surface area contributed by atoms with E-state index in [4.69, 9.17) is 16.3 Å². The van der Waals surface area contributed by atoms with E-state index in [-0.39, 0.29) is 12.5 Å². The van der Waals surface area contributed by atoms with Crippen LogP contribution in [0.1, 0.15) is 21.5 Å². The Labute approximate surface area is 193 Å². The number of rotatable bonds is 8. The number of hydrogen-bond donors (Lipinski definition) is 2. The molecule has 3 rings (SSSR count). The first-order valence-corrected chi connectivity index (χ1v) is 10.5. The highest BCUT2D eigenvalue weighted by molar-refractivity contribution is 9.10. The van der Waals surface area contributed by atoms with Crippen molar-refractivity contribution in [2.75, 3.05) is 6.54 Å². The molecule has 2 amide bonds. The van der Waals surface area contributed by atoms with Gasteiger partial charge in [-0.1, -0.05) is 57.9 Å². The zero-order chi connectivity index (χ0) is 22.1. The van der Waals surface area contributed by atoms with Gasteiger partial charge in [0.1, 0.15) is 12.4 Å². The number of nitrogens with zero attached hydrogens (tertiary/aromatic N) is 1. The Hall–Kier alpha value is -3.16. The molecule has 6 nitrogen and oxygen atoms in total. The highest BCUT2D eigenvalue weighted by Gasteiger charge is 2.07. The smallest absolute Gasteiger partial charge is 0.259 e. The standard InChI is InChI=1S/C23H19BrClN3O3/c24-19-5-2-4-18(12-19)23(30)26-14-22(29)28-27-13-17-3-1-6-21(11-17)31-15-16-7-9-20(25)10-8-16/h1-13H,14-15H2,(H,26,30)(H,28,29). The summed E-state index contributed by atoms with van der Waals surface area (Å²) in [6.07, 6.45) is 1.50. The molecule has 0 heterocycles. The fraction of sp³-hybridized carbons (Fsp3) is 0.0870. The number of benzene rings is 3. The second-order valence-electron chi connectivity index (χ2n) is 6.47. The predicted octanol–water partition coefficient (Wildman–Crippen LogP) is 4.56. The van der Waals surface area contributed by atoms with Crippen molar-refractivity contribution in [3.63, 3.8) is 0 Å². The Kier molecular flexibility index (Phi) is 8.20. The summed E-state index contributed by atoms with van der Waals surface area (Å²) in [5, 5.41) is 7.14. The lowest BCUT2D eigenvalue weighted by Gasteiger charge is -2.07. The number of carbonyl (C=O) groups excluding carboxylic acids is 2. The molecule has 31 heavy (non-hydrogen) atoms. The Balaban J connectivity index is 1.45. The lowest BCUT2D eigenvalue weighted by atomic mass is 10.2. The van der Waals surface area contributed by atoms with Crippen molar-refractivity contribution < 1.29 is 14.3 Å².